The summed E-state index contributed by atoms with van der Waals surface area (Å²) < 4.78 is 1.00. The highest BCUT2D eigenvalue weighted by molar-refractivity contribution is 14.1. The predicted octanol–water partition coefficient (Wildman–Crippen LogP) is 3.97. The fourth-order valence-corrected chi connectivity index (χ4v) is 3.80. The van der Waals surface area contributed by atoms with Gasteiger partial charge in [-0.05, 0) is 52.8 Å². The van der Waals surface area contributed by atoms with Gasteiger partial charge in [-0.3, -0.25) is 9.59 Å². The number of hydrogen-bond acceptors (Lipinski definition) is 2. The standard InChI is InChI=1S/C19H18ClIN2O2/c20-16-11-15(21)6-7-17(16)22-19(25)14-10-18(24)23(12-14)9-8-13-4-2-1-3-5-13/h1-7,11,14H,8-10,12H2,(H,22,25). The number of nitrogens with one attached hydrogen (secondary N) is 1. The first-order valence-corrected chi connectivity index (χ1v) is 9.56. The molecule has 2 aromatic carbocycles. The fraction of sp³-hybridized carbons (Fsp3) is 0.263. The summed E-state index contributed by atoms with van der Waals surface area (Å²) in [7, 11) is 0. The molecular weight excluding hydrogens is 451 g/mol. The number of halogens is 2. The van der Waals surface area contributed by atoms with Crippen LogP contribution in [0, 0.1) is 9.49 Å². The van der Waals surface area contributed by atoms with Gasteiger partial charge in [0.15, 0.2) is 0 Å². The Balaban J connectivity index is 1.57. The molecule has 0 aliphatic carbocycles. The number of nitrogens with zero attached hydrogens (tertiary/aromatic N) is 1. The summed E-state index contributed by atoms with van der Waals surface area (Å²) in [5.74, 6) is -0.456. The molecule has 1 heterocycles. The zero-order valence-electron chi connectivity index (χ0n) is 13.5. The van der Waals surface area contributed by atoms with E-state index in [0.29, 0.717) is 23.8 Å². The van der Waals surface area contributed by atoms with Crippen LogP contribution in [0.5, 0.6) is 0 Å². The van der Waals surface area contributed by atoms with Gasteiger partial charge in [-0.2, -0.15) is 0 Å². The lowest BCUT2D eigenvalue weighted by atomic mass is 10.1. The molecule has 1 saturated heterocycles. The van der Waals surface area contributed by atoms with E-state index in [-0.39, 0.29) is 24.2 Å². The van der Waals surface area contributed by atoms with E-state index in [2.05, 4.69) is 27.9 Å². The van der Waals surface area contributed by atoms with Gasteiger partial charge in [0, 0.05) is 23.1 Å². The molecule has 1 unspecified atom stereocenters. The van der Waals surface area contributed by atoms with Crippen LogP contribution in [0.3, 0.4) is 0 Å². The Bertz CT molecular complexity index is 782. The van der Waals surface area contributed by atoms with Crippen molar-refractivity contribution >= 4 is 51.7 Å². The van der Waals surface area contributed by atoms with Crippen molar-refractivity contribution in [2.45, 2.75) is 12.8 Å². The maximum atomic E-state index is 12.5. The number of anilines is 1. The number of benzene rings is 2. The van der Waals surface area contributed by atoms with E-state index in [1.807, 2.05) is 36.4 Å². The summed E-state index contributed by atoms with van der Waals surface area (Å²) in [6.45, 7) is 1.09. The molecule has 6 heteroatoms. The van der Waals surface area contributed by atoms with Crippen molar-refractivity contribution in [3.05, 3.63) is 62.7 Å². The lowest BCUT2D eigenvalue weighted by Gasteiger charge is -2.17. The Morgan fingerprint density at radius 3 is 2.72 bits per heavy atom. The van der Waals surface area contributed by atoms with Crippen LogP contribution in [0.4, 0.5) is 5.69 Å². The number of amides is 2. The predicted molar refractivity (Wildman–Crippen MR) is 108 cm³/mol. The number of likely N-dealkylation sites (tertiary alicyclic amines) is 1. The van der Waals surface area contributed by atoms with Gasteiger partial charge in [0.25, 0.3) is 0 Å². The first kappa shape index (κ1) is 18.2. The molecular formula is C19H18ClIN2O2. The zero-order chi connectivity index (χ0) is 17.8. The van der Waals surface area contributed by atoms with E-state index in [4.69, 9.17) is 11.6 Å². The highest BCUT2D eigenvalue weighted by Crippen LogP contribution is 2.26. The maximum Gasteiger partial charge on any atom is 0.229 e. The number of rotatable bonds is 5. The second-order valence-corrected chi connectivity index (χ2v) is 7.74. The Morgan fingerprint density at radius 1 is 1.24 bits per heavy atom. The Hall–Kier alpha value is -1.60. The first-order chi connectivity index (χ1) is 12.0. The van der Waals surface area contributed by atoms with Crippen LogP contribution >= 0.6 is 34.2 Å². The molecule has 25 heavy (non-hydrogen) atoms. The van der Waals surface area contributed by atoms with Crippen molar-refractivity contribution in [3.63, 3.8) is 0 Å². The van der Waals surface area contributed by atoms with Crippen molar-refractivity contribution < 1.29 is 9.59 Å². The van der Waals surface area contributed by atoms with Crippen LogP contribution in [0.1, 0.15) is 12.0 Å². The minimum atomic E-state index is -0.335. The Morgan fingerprint density at radius 2 is 2.00 bits per heavy atom. The third-order valence-corrected chi connectivity index (χ3v) is 5.27. The molecule has 2 amide bonds. The third kappa shape index (κ3) is 4.73. The van der Waals surface area contributed by atoms with Crippen LogP contribution in [0.15, 0.2) is 48.5 Å². The molecule has 0 saturated carbocycles. The Labute approximate surface area is 165 Å². The lowest BCUT2D eigenvalue weighted by molar-refractivity contribution is -0.128. The van der Waals surface area contributed by atoms with E-state index in [9.17, 15) is 9.59 Å². The van der Waals surface area contributed by atoms with Crippen LogP contribution in [-0.4, -0.2) is 29.8 Å². The molecule has 1 aliphatic heterocycles. The molecule has 1 aliphatic rings. The average molecular weight is 469 g/mol. The fourth-order valence-electron chi connectivity index (χ4n) is 2.90. The number of carbonyl (C=O) groups is 2. The van der Waals surface area contributed by atoms with E-state index in [1.54, 1.807) is 17.0 Å². The molecule has 0 radical (unpaired) electrons. The number of hydrogen-bond donors (Lipinski definition) is 1. The second-order valence-electron chi connectivity index (χ2n) is 6.09. The van der Waals surface area contributed by atoms with Crippen molar-refractivity contribution in [1.82, 2.24) is 4.90 Å². The highest BCUT2D eigenvalue weighted by Gasteiger charge is 2.34. The largest absolute Gasteiger partial charge is 0.342 e. The van der Waals surface area contributed by atoms with E-state index >= 15 is 0 Å². The quantitative estimate of drug-likeness (QED) is 0.675. The summed E-state index contributed by atoms with van der Waals surface area (Å²) >= 11 is 8.32. The maximum absolute atomic E-state index is 12.5. The third-order valence-electron chi connectivity index (χ3n) is 4.29. The smallest absolute Gasteiger partial charge is 0.229 e. The summed E-state index contributed by atoms with van der Waals surface area (Å²) in [5.41, 5.74) is 1.77. The van der Waals surface area contributed by atoms with Crippen molar-refractivity contribution in [2.75, 3.05) is 18.4 Å². The molecule has 0 aromatic heterocycles. The normalized spacial score (nSPS) is 17.0. The van der Waals surface area contributed by atoms with Gasteiger partial charge < -0.3 is 10.2 Å². The van der Waals surface area contributed by atoms with E-state index < -0.39 is 0 Å². The molecule has 1 atom stereocenters. The van der Waals surface area contributed by atoms with E-state index in [0.717, 1.165) is 9.99 Å². The van der Waals surface area contributed by atoms with Crippen molar-refractivity contribution in [1.29, 1.82) is 0 Å². The van der Waals surface area contributed by atoms with Gasteiger partial charge in [-0.25, -0.2) is 0 Å². The first-order valence-electron chi connectivity index (χ1n) is 8.10. The molecule has 3 rings (SSSR count). The highest BCUT2D eigenvalue weighted by atomic mass is 127. The SMILES string of the molecule is O=C(Nc1ccc(I)cc1Cl)C1CC(=O)N(CCc2ccccc2)C1. The minimum absolute atomic E-state index is 0.0322. The lowest BCUT2D eigenvalue weighted by Crippen LogP contribution is -2.30. The number of carbonyl (C=O) groups excluding carboxylic acids is 2. The van der Waals surface area contributed by atoms with Gasteiger partial charge in [0.05, 0.1) is 16.6 Å². The van der Waals surface area contributed by atoms with E-state index in [1.165, 1.54) is 5.56 Å². The molecule has 1 fully saturated rings. The molecule has 2 aromatic rings. The van der Waals surface area contributed by atoms with Gasteiger partial charge in [0.2, 0.25) is 11.8 Å². The molecule has 130 valence electrons. The average Bonchev–Trinajstić information content (AvgIpc) is 2.97. The summed E-state index contributed by atoms with van der Waals surface area (Å²) in [6.07, 6.45) is 1.05. The molecule has 1 N–H and O–H groups in total. The molecule has 4 nitrogen and oxygen atoms in total. The topological polar surface area (TPSA) is 49.4 Å². The minimum Gasteiger partial charge on any atom is -0.342 e. The zero-order valence-corrected chi connectivity index (χ0v) is 16.5. The Kier molecular flexibility index (Phi) is 5.96. The van der Waals surface area contributed by atoms with Crippen LogP contribution in [-0.2, 0) is 16.0 Å². The molecule has 0 bridgehead atoms. The molecule has 0 spiro atoms. The summed E-state index contributed by atoms with van der Waals surface area (Å²) in [4.78, 5) is 26.4. The monoisotopic (exact) mass is 468 g/mol. The second kappa shape index (κ2) is 8.19. The van der Waals surface area contributed by atoms with Gasteiger partial charge >= 0.3 is 0 Å². The van der Waals surface area contributed by atoms with Crippen molar-refractivity contribution in [3.8, 4) is 0 Å². The van der Waals surface area contributed by atoms with Gasteiger partial charge in [-0.1, -0.05) is 41.9 Å². The van der Waals surface area contributed by atoms with Crippen molar-refractivity contribution in [2.24, 2.45) is 5.92 Å². The van der Waals surface area contributed by atoms with Gasteiger partial charge in [-0.15, -0.1) is 0 Å². The van der Waals surface area contributed by atoms with Crippen LogP contribution in [0.2, 0.25) is 5.02 Å². The summed E-state index contributed by atoms with van der Waals surface area (Å²) in [5, 5.41) is 3.35. The van der Waals surface area contributed by atoms with Crippen LogP contribution < -0.4 is 5.32 Å². The summed E-state index contributed by atoms with van der Waals surface area (Å²) in [6, 6.07) is 15.5. The van der Waals surface area contributed by atoms with Crippen LogP contribution in [0.25, 0.3) is 0 Å². The van der Waals surface area contributed by atoms with Gasteiger partial charge in [0.1, 0.15) is 0 Å².